The second kappa shape index (κ2) is 7.14. The lowest BCUT2D eigenvalue weighted by atomic mass is 10.1. The van der Waals surface area contributed by atoms with Gasteiger partial charge in [-0.1, -0.05) is 17.2 Å². The van der Waals surface area contributed by atoms with E-state index in [1.807, 2.05) is 19.9 Å². The van der Waals surface area contributed by atoms with Crippen molar-refractivity contribution in [3.05, 3.63) is 75.2 Å². The Kier molecular flexibility index (Phi) is 4.74. The molecule has 0 atom stereocenters. The lowest BCUT2D eigenvalue weighted by Gasteiger charge is -2.04. The lowest BCUT2D eigenvalue weighted by Crippen LogP contribution is -2.06. The Hall–Kier alpha value is -3.55. The first-order valence-corrected chi connectivity index (χ1v) is 7.75. The highest BCUT2D eigenvalue weighted by molar-refractivity contribution is 5.89. The predicted octanol–water partition coefficient (Wildman–Crippen LogP) is 3.62. The van der Waals surface area contributed by atoms with Crippen LogP contribution in [-0.2, 0) is 11.3 Å². The van der Waals surface area contributed by atoms with E-state index in [1.54, 1.807) is 12.1 Å². The number of ether oxygens (including phenoxy) is 1. The topological polar surface area (TPSA) is 108 Å². The standard InChI is InChI=1S/C18H15N3O5/c1-11-7-12(2)9-14(8-11)18(22)25-10-16-19-20-17(26-16)13-3-5-15(6-4-13)21(23)24/h3-9H,10H2,1-2H3. The predicted molar refractivity (Wildman–Crippen MR) is 91.4 cm³/mol. The van der Waals surface area contributed by atoms with E-state index < -0.39 is 10.9 Å². The van der Waals surface area contributed by atoms with Gasteiger partial charge >= 0.3 is 5.97 Å². The largest absolute Gasteiger partial charge is 0.452 e. The van der Waals surface area contributed by atoms with Crippen molar-refractivity contribution in [3.63, 3.8) is 0 Å². The van der Waals surface area contributed by atoms with Crippen LogP contribution in [0.4, 0.5) is 5.69 Å². The van der Waals surface area contributed by atoms with E-state index in [-0.39, 0.29) is 24.1 Å². The first kappa shape index (κ1) is 17.3. The molecule has 2 aromatic carbocycles. The third kappa shape index (κ3) is 3.92. The fraction of sp³-hybridized carbons (Fsp3) is 0.167. The summed E-state index contributed by atoms with van der Waals surface area (Å²) in [6.45, 7) is 3.64. The number of nitro groups is 1. The van der Waals surface area contributed by atoms with Crippen LogP contribution < -0.4 is 0 Å². The molecular formula is C18H15N3O5. The molecular weight excluding hydrogens is 338 g/mol. The molecule has 0 aliphatic carbocycles. The lowest BCUT2D eigenvalue weighted by molar-refractivity contribution is -0.384. The van der Waals surface area contributed by atoms with Crippen molar-refractivity contribution in [2.45, 2.75) is 20.5 Å². The van der Waals surface area contributed by atoms with Gasteiger partial charge in [0.15, 0.2) is 6.61 Å². The first-order valence-electron chi connectivity index (χ1n) is 7.75. The number of carbonyl (C=O) groups is 1. The van der Waals surface area contributed by atoms with Gasteiger partial charge in [-0.3, -0.25) is 10.1 Å². The number of rotatable bonds is 5. The van der Waals surface area contributed by atoms with Gasteiger partial charge in [0.1, 0.15) is 0 Å². The molecule has 1 aromatic heterocycles. The van der Waals surface area contributed by atoms with Crippen molar-refractivity contribution in [2.75, 3.05) is 0 Å². The van der Waals surface area contributed by atoms with Gasteiger partial charge in [-0.25, -0.2) is 4.79 Å². The summed E-state index contributed by atoms with van der Waals surface area (Å²) >= 11 is 0. The highest BCUT2D eigenvalue weighted by Gasteiger charge is 2.14. The zero-order chi connectivity index (χ0) is 18.7. The number of benzene rings is 2. The van der Waals surface area contributed by atoms with Crippen LogP contribution in [0.25, 0.3) is 11.5 Å². The maximum absolute atomic E-state index is 12.1. The summed E-state index contributed by atoms with van der Waals surface area (Å²) in [6.07, 6.45) is 0. The molecule has 0 amide bonds. The van der Waals surface area contributed by atoms with Gasteiger partial charge in [-0.2, -0.15) is 0 Å². The summed E-state index contributed by atoms with van der Waals surface area (Å²) in [5.41, 5.74) is 2.90. The van der Waals surface area contributed by atoms with E-state index in [0.717, 1.165) is 11.1 Å². The number of esters is 1. The Morgan fingerprint density at radius 1 is 1.12 bits per heavy atom. The summed E-state index contributed by atoms with van der Waals surface area (Å²) < 4.78 is 10.6. The minimum Gasteiger partial charge on any atom is -0.452 e. The van der Waals surface area contributed by atoms with Gasteiger partial charge in [0, 0.05) is 17.7 Å². The smallest absolute Gasteiger partial charge is 0.338 e. The van der Waals surface area contributed by atoms with E-state index in [2.05, 4.69) is 10.2 Å². The molecule has 0 aliphatic rings. The molecule has 0 fully saturated rings. The summed E-state index contributed by atoms with van der Waals surface area (Å²) in [4.78, 5) is 22.3. The fourth-order valence-corrected chi connectivity index (χ4v) is 2.46. The van der Waals surface area contributed by atoms with Gasteiger partial charge in [0.05, 0.1) is 10.5 Å². The number of hydrogen-bond acceptors (Lipinski definition) is 7. The van der Waals surface area contributed by atoms with Crippen LogP contribution in [0.3, 0.4) is 0 Å². The second-order valence-corrected chi connectivity index (χ2v) is 5.76. The van der Waals surface area contributed by atoms with Crippen LogP contribution in [0.5, 0.6) is 0 Å². The molecule has 0 N–H and O–H groups in total. The van der Waals surface area contributed by atoms with Crippen molar-refractivity contribution in [1.82, 2.24) is 10.2 Å². The van der Waals surface area contributed by atoms with Gasteiger partial charge in [-0.15, -0.1) is 10.2 Å². The molecule has 0 aliphatic heterocycles. The van der Waals surface area contributed by atoms with Crippen LogP contribution in [0.15, 0.2) is 46.9 Å². The number of nitrogens with zero attached hydrogens (tertiary/aromatic N) is 3. The van der Waals surface area contributed by atoms with Gasteiger partial charge in [0.25, 0.3) is 11.6 Å². The van der Waals surface area contributed by atoms with E-state index in [1.165, 1.54) is 24.3 Å². The molecule has 132 valence electrons. The van der Waals surface area contributed by atoms with Crippen LogP contribution in [-0.4, -0.2) is 21.1 Å². The van der Waals surface area contributed by atoms with Crippen molar-refractivity contribution in [2.24, 2.45) is 0 Å². The molecule has 1 heterocycles. The van der Waals surface area contributed by atoms with Crippen molar-refractivity contribution < 1.29 is 18.9 Å². The average molecular weight is 353 g/mol. The van der Waals surface area contributed by atoms with E-state index in [0.29, 0.717) is 11.1 Å². The highest BCUT2D eigenvalue weighted by Crippen LogP contribution is 2.21. The SMILES string of the molecule is Cc1cc(C)cc(C(=O)OCc2nnc(-c3ccc([N+](=O)[O-])cc3)o2)c1. The Morgan fingerprint density at radius 3 is 2.38 bits per heavy atom. The minimum absolute atomic E-state index is 0.0316. The second-order valence-electron chi connectivity index (χ2n) is 5.76. The molecule has 8 nitrogen and oxygen atoms in total. The number of aromatic nitrogens is 2. The van der Waals surface area contributed by atoms with Crippen molar-refractivity contribution in [3.8, 4) is 11.5 Å². The van der Waals surface area contributed by atoms with Gasteiger partial charge in [0.2, 0.25) is 5.89 Å². The van der Waals surface area contributed by atoms with Gasteiger partial charge in [-0.05, 0) is 38.1 Å². The number of nitro benzene ring substituents is 1. The molecule has 3 rings (SSSR count). The Morgan fingerprint density at radius 2 is 1.77 bits per heavy atom. The molecule has 0 radical (unpaired) electrons. The molecule has 26 heavy (non-hydrogen) atoms. The maximum atomic E-state index is 12.1. The summed E-state index contributed by atoms with van der Waals surface area (Å²) in [5, 5.41) is 18.4. The number of non-ortho nitro benzene ring substituents is 1. The monoisotopic (exact) mass is 353 g/mol. The zero-order valence-electron chi connectivity index (χ0n) is 14.1. The van der Waals surface area contributed by atoms with Crippen LogP contribution in [0.1, 0.15) is 27.4 Å². The third-order valence-electron chi connectivity index (χ3n) is 3.58. The molecule has 0 spiro atoms. The van der Waals surface area contributed by atoms with Crippen LogP contribution in [0, 0.1) is 24.0 Å². The normalized spacial score (nSPS) is 10.5. The zero-order valence-corrected chi connectivity index (χ0v) is 14.1. The maximum Gasteiger partial charge on any atom is 0.338 e. The molecule has 0 unspecified atom stereocenters. The Balaban J connectivity index is 1.66. The molecule has 3 aromatic rings. The molecule has 0 bridgehead atoms. The highest BCUT2D eigenvalue weighted by atomic mass is 16.6. The summed E-state index contributed by atoms with van der Waals surface area (Å²) in [5.74, 6) is -0.152. The Bertz CT molecular complexity index is 943. The van der Waals surface area contributed by atoms with Crippen LogP contribution >= 0.6 is 0 Å². The quantitative estimate of drug-likeness (QED) is 0.391. The van der Waals surface area contributed by atoms with E-state index >= 15 is 0 Å². The molecule has 0 saturated heterocycles. The number of hydrogen-bond donors (Lipinski definition) is 0. The molecule has 8 heteroatoms. The van der Waals surface area contributed by atoms with Crippen LogP contribution in [0.2, 0.25) is 0 Å². The number of carbonyl (C=O) groups excluding carboxylic acids is 1. The number of aryl methyl sites for hydroxylation is 2. The van der Waals surface area contributed by atoms with Crippen molar-refractivity contribution in [1.29, 1.82) is 0 Å². The van der Waals surface area contributed by atoms with E-state index in [4.69, 9.17) is 9.15 Å². The average Bonchev–Trinajstić information content (AvgIpc) is 3.08. The van der Waals surface area contributed by atoms with Gasteiger partial charge < -0.3 is 9.15 Å². The third-order valence-corrected chi connectivity index (χ3v) is 3.58. The first-order chi connectivity index (χ1) is 12.4. The van der Waals surface area contributed by atoms with E-state index in [9.17, 15) is 14.9 Å². The summed E-state index contributed by atoms with van der Waals surface area (Å²) in [7, 11) is 0. The molecule has 0 saturated carbocycles. The van der Waals surface area contributed by atoms with Crippen molar-refractivity contribution >= 4 is 11.7 Å². The minimum atomic E-state index is -0.491. The fourth-order valence-electron chi connectivity index (χ4n) is 2.46. The Labute approximate surface area is 148 Å². The summed E-state index contributed by atoms with van der Waals surface area (Å²) in [6, 6.07) is 11.2.